The van der Waals surface area contributed by atoms with Crippen LogP contribution in [0.4, 0.5) is 18.9 Å². The van der Waals surface area contributed by atoms with Crippen LogP contribution < -0.4 is 15.4 Å². The van der Waals surface area contributed by atoms with Gasteiger partial charge in [-0.15, -0.1) is 0 Å². The molecule has 156 valence electrons. The molecule has 1 atom stereocenters. The van der Waals surface area contributed by atoms with Gasteiger partial charge in [-0.2, -0.15) is 13.2 Å². The molecule has 0 fully saturated rings. The Bertz CT molecular complexity index is 855. The van der Waals surface area contributed by atoms with Crippen LogP contribution in [0.3, 0.4) is 0 Å². The van der Waals surface area contributed by atoms with E-state index >= 15 is 0 Å². The molecular weight excluding hydrogens is 409 g/mol. The van der Waals surface area contributed by atoms with E-state index in [9.17, 15) is 22.8 Å². The smallest absolute Gasteiger partial charge is 0.422 e. The highest BCUT2D eigenvalue weighted by molar-refractivity contribution is 6.33. The molecule has 2 rings (SSSR count). The van der Waals surface area contributed by atoms with E-state index in [1.165, 1.54) is 24.3 Å². The van der Waals surface area contributed by atoms with Gasteiger partial charge in [0.2, 0.25) is 5.91 Å². The Hall–Kier alpha value is -2.74. The van der Waals surface area contributed by atoms with Crippen molar-refractivity contribution in [1.29, 1.82) is 0 Å². The summed E-state index contributed by atoms with van der Waals surface area (Å²) in [7, 11) is 0. The highest BCUT2D eigenvalue weighted by Crippen LogP contribution is 2.21. The summed E-state index contributed by atoms with van der Waals surface area (Å²) in [5, 5.41) is 5.55. The Kier molecular flexibility index (Phi) is 7.50. The fraction of sp³-hybridized carbons (Fsp3) is 0.300. The largest absolute Gasteiger partial charge is 0.484 e. The standard InChI is InChI=1S/C20H20ClF3N2O3/c1-12(2)17(26-18(27)15-5-3-4-6-16(15)21)19(28)25-13-7-9-14(10-8-13)29-11-20(22,23)24/h3-10,12,17H,11H2,1-2H3,(H,25,28)(H,26,27). The summed E-state index contributed by atoms with van der Waals surface area (Å²) in [4.78, 5) is 25.1. The number of carbonyl (C=O) groups is 2. The first-order chi connectivity index (χ1) is 13.6. The molecule has 0 saturated carbocycles. The molecular formula is C20H20ClF3N2O3. The first-order valence-corrected chi connectivity index (χ1v) is 9.10. The molecule has 0 aliphatic rings. The molecule has 0 spiro atoms. The molecule has 9 heteroatoms. The monoisotopic (exact) mass is 428 g/mol. The van der Waals surface area contributed by atoms with Gasteiger partial charge in [-0.1, -0.05) is 37.6 Å². The summed E-state index contributed by atoms with van der Waals surface area (Å²) in [6.45, 7) is 2.14. The molecule has 0 bridgehead atoms. The van der Waals surface area contributed by atoms with Crippen molar-refractivity contribution in [2.45, 2.75) is 26.1 Å². The fourth-order valence-electron chi connectivity index (χ4n) is 2.42. The number of nitrogens with one attached hydrogen (secondary N) is 2. The van der Waals surface area contributed by atoms with Gasteiger partial charge in [0.1, 0.15) is 11.8 Å². The third kappa shape index (κ3) is 6.98. The molecule has 2 aromatic carbocycles. The van der Waals surface area contributed by atoms with Crippen molar-refractivity contribution in [3.8, 4) is 5.75 Å². The summed E-state index contributed by atoms with van der Waals surface area (Å²) in [5.41, 5.74) is 0.603. The topological polar surface area (TPSA) is 67.4 Å². The van der Waals surface area contributed by atoms with Crippen LogP contribution in [0.5, 0.6) is 5.75 Å². The van der Waals surface area contributed by atoms with Gasteiger partial charge in [0.15, 0.2) is 6.61 Å². The van der Waals surface area contributed by atoms with Crippen LogP contribution in [0.15, 0.2) is 48.5 Å². The van der Waals surface area contributed by atoms with Gasteiger partial charge in [0.25, 0.3) is 5.91 Å². The second-order valence-electron chi connectivity index (χ2n) is 6.59. The summed E-state index contributed by atoms with van der Waals surface area (Å²) >= 11 is 6.02. The highest BCUT2D eigenvalue weighted by atomic mass is 35.5. The number of hydrogen-bond acceptors (Lipinski definition) is 3. The van der Waals surface area contributed by atoms with Gasteiger partial charge in [-0.25, -0.2) is 0 Å². The molecule has 2 N–H and O–H groups in total. The van der Waals surface area contributed by atoms with Gasteiger partial charge in [0.05, 0.1) is 10.6 Å². The second kappa shape index (κ2) is 9.65. The van der Waals surface area contributed by atoms with Crippen LogP contribution in [-0.4, -0.2) is 30.6 Å². The molecule has 0 aliphatic heterocycles. The number of amides is 2. The van der Waals surface area contributed by atoms with Crippen LogP contribution in [-0.2, 0) is 4.79 Å². The number of halogens is 4. The van der Waals surface area contributed by atoms with Gasteiger partial charge < -0.3 is 15.4 Å². The van der Waals surface area contributed by atoms with Crippen molar-refractivity contribution in [2.75, 3.05) is 11.9 Å². The van der Waals surface area contributed by atoms with Crippen molar-refractivity contribution < 1.29 is 27.5 Å². The van der Waals surface area contributed by atoms with E-state index in [4.69, 9.17) is 11.6 Å². The van der Waals surface area contributed by atoms with Crippen molar-refractivity contribution in [3.63, 3.8) is 0 Å². The van der Waals surface area contributed by atoms with Crippen LogP contribution in [0.25, 0.3) is 0 Å². The summed E-state index contributed by atoms with van der Waals surface area (Å²) < 4.78 is 41.2. The zero-order valence-corrected chi connectivity index (χ0v) is 16.5. The van der Waals surface area contributed by atoms with Crippen molar-refractivity contribution in [2.24, 2.45) is 5.92 Å². The maximum Gasteiger partial charge on any atom is 0.422 e. The summed E-state index contributed by atoms with van der Waals surface area (Å²) in [5.74, 6) is -1.16. The van der Waals surface area contributed by atoms with Gasteiger partial charge >= 0.3 is 6.18 Å². The van der Waals surface area contributed by atoms with E-state index in [1.54, 1.807) is 38.1 Å². The van der Waals surface area contributed by atoms with Crippen LogP contribution in [0.2, 0.25) is 5.02 Å². The first-order valence-electron chi connectivity index (χ1n) is 8.72. The number of rotatable bonds is 7. The summed E-state index contributed by atoms with van der Waals surface area (Å²) in [6, 6.07) is 11.1. The Morgan fingerprint density at radius 2 is 1.69 bits per heavy atom. The fourth-order valence-corrected chi connectivity index (χ4v) is 2.64. The van der Waals surface area contributed by atoms with Crippen molar-refractivity contribution >= 4 is 29.1 Å². The highest BCUT2D eigenvalue weighted by Gasteiger charge is 2.28. The molecule has 29 heavy (non-hydrogen) atoms. The van der Waals surface area contributed by atoms with Crippen LogP contribution in [0.1, 0.15) is 24.2 Å². The Balaban J connectivity index is 2.02. The minimum Gasteiger partial charge on any atom is -0.484 e. The lowest BCUT2D eigenvalue weighted by atomic mass is 10.0. The molecule has 2 amide bonds. The van der Waals surface area contributed by atoms with E-state index < -0.39 is 30.6 Å². The molecule has 5 nitrogen and oxygen atoms in total. The lowest BCUT2D eigenvalue weighted by Crippen LogP contribution is -2.47. The number of ether oxygens (including phenoxy) is 1. The Morgan fingerprint density at radius 1 is 1.07 bits per heavy atom. The van der Waals surface area contributed by atoms with Gasteiger partial charge in [-0.05, 0) is 42.3 Å². The SMILES string of the molecule is CC(C)C(NC(=O)c1ccccc1Cl)C(=O)Nc1ccc(OCC(F)(F)F)cc1. The Labute approximate surface area is 171 Å². The van der Waals surface area contributed by atoms with Crippen molar-refractivity contribution in [3.05, 3.63) is 59.1 Å². The van der Waals surface area contributed by atoms with Crippen LogP contribution >= 0.6 is 11.6 Å². The lowest BCUT2D eigenvalue weighted by Gasteiger charge is -2.22. The quantitative estimate of drug-likeness (QED) is 0.673. The molecule has 0 radical (unpaired) electrons. The van der Waals surface area contributed by atoms with Crippen LogP contribution in [0, 0.1) is 5.92 Å². The van der Waals surface area contributed by atoms with E-state index in [0.717, 1.165) is 0 Å². The minimum atomic E-state index is -4.43. The average Bonchev–Trinajstić information content (AvgIpc) is 2.64. The predicted octanol–water partition coefficient (Wildman–Crippen LogP) is 4.67. The van der Waals surface area contributed by atoms with E-state index in [1.807, 2.05) is 0 Å². The normalized spacial score (nSPS) is 12.4. The molecule has 0 heterocycles. The zero-order valence-electron chi connectivity index (χ0n) is 15.7. The average molecular weight is 429 g/mol. The third-order valence-corrected chi connectivity index (χ3v) is 4.21. The molecule has 1 unspecified atom stereocenters. The van der Waals surface area contributed by atoms with Gasteiger partial charge in [-0.3, -0.25) is 9.59 Å². The number of alkyl halides is 3. The lowest BCUT2D eigenvalue weighted by molar-refractivity contribution is -0.153. The summed E-state index contributed by atoms with van der Waals surface area (Å²) in [6.07, 6.45) is -4.43. The molecule has 0 saturated heterocycles. The van der Waals surface area contributed by atoms with E-state index in [-0.39, 0.29) is 22.3 Å². The maximum absolute atomic E-state index is 12.6. The van der Waals surface area contributed by atoms with E-state index in [0.29, 0.717) is 5.69 Å². The first kappa shape index (κ1) is 22.5. The number of hydrogen-bond donors (Lipinski definition) is 2. The number of anilines is 1. The zero-order chi connectivity index (χ0) is 21.6. The predicted molar refractivity (Wildman–Crippen MR) is 104 cm³/mol. The van der Waals surface area contributed by atoms with E-state index in [2.05, 4.69) is 15.4 Å². The number of carbonyl (C=O) groups excluding carboxylic acids is 2. The second-order valence-corrected chi connectivity index (χ2v) is 7.00. The Morgan fingerprint density at radius 3 is 2.24 bits per heavy atom. The maximum atomic E-state index is 12.6. The number of benzene rings is 2. The molecule has 0 aliphatic carbocycles. The third-order valence-electron chi connectivity index (χ3n) is 3.88. The van der Waals surface area contributed by atoms with Crippen molar-refractivity contribution in [1.82, 2.24) is 5.32 Å². The minimum absolute atomic E-state index is 0.0211. The molecule has 2 aromatic rings. The molecule has 0 aromatic heterocycles. The van der Waals surface area contributed by atoms with Gasteiger partial charge in [0, 0.05) is 5.69 Å².